The van der Waals surface area contributed by atoms with E-state index in [1.807, 2.05) is 0 Å². The van der Waals surface area contributed by atoms with E-state index in [1.54, 1.807) is 12.1 Å². The second-order valence-electron chi connectivity index (χ2n) is 7.52. The molecule has 2 atom stereocenters. The molecular weight excluding hydrogens is 407 g/mol. The van der Waals surface area contributed by atoms with Crippen LogP contribution in [0.15, 0.2) is 36.4 Å². The van der Waals surface area contributed by atoms with E-state index in [0.29, 0.717) is 6.42 Å². The van der Waals surface area contributed by atoms with Gasteiger partial charge in [-0.05, 0) is 36.2 Å². The van der Waals surface area contributed by atoms with Crippen LogP contribution in [0.1, 0.15) is 51.0 Å². The molecule has 2 aromatic carbocycles. The van der Waals surface area contributed by atoms with E-state index in [9.17, 15) is 23.1 Å². The summed E-state index contributed by atoms with van der Waals surface area (Å²) in [6.45, 7) is 2.34. The Labute approximate surface area is 180 Å². The van der Waals surface area contributed by atoms with Gasteiger partial charge in [0.25, 0.3) is 5.91 Å². The number of hydrogen-bond acceptors (Lipinski definition) is 4. The Bertz CT molecular complexity index is 847. The summed E-state index contributed by atoms with van der Waals surface area (Å²) in [6.07, 6.45) is 0.0429. The van der Waals surface area contributed by atoms with Gasteiger partial charge in [-0.15, -0.1) is 0 Å². The molecule has 5 N–H and O–H groups in total. The van der Waals surface area contributed by atoms with Crippen molar-refractivity contribution in [2.75, 3.05) is 16.4 Å². The summed E-state index contributed by atoms with van der Waals surface area (Å²) >= 11 is 0. The third kappa shape index (κ3) is 7.38. The van der Waals surface area contributed by atoms with Crippen LogP contribution in [0.5, 0.6) is 5.75 Å². The molecule has 0 radical (unpaired) electrons. The van der Waals surface area contributed by atoms with Crippen molar-refractivity contribution in [1.29, 1.82) is 0 Å². The van der Waals surface area contributed by atoms with E-state index < -0.39 is 24.1 Å². The van der Waals surface area contributed by atoms with Gasteiger partial charge in [-0.2, -0.15) is 0 Å². The molecule has 0 heterocycles. The number of phenolic OH excluding ortho intramolecular Hbond substituents is 1. The zero-order valence-corrected chi connectivity index (χ0v) is 17.6. The lowest BCUT2D eigenvalue weighted by Gasteiger charge is -2.16. The van der Waals surface area contributed by atoms with E-state index >= 15 is 0 Å². The number of aromatic hydroxyl groups is 1. The van der Waals surface area contributed by atoms with Crippen LogP contribution < -0.4 is 16.4 Å². The monoisotopic (exact) mass is 437 g/mol. The van der Waals surface area contributed by atoms with Crippen LogP contribution in [0, 0.1) is 5.82 Å². The number of nitrogens with two attached hydrogens (primary N) is 1. The maximum absolute atomic E-state index is 14.6. The molecule has 2 aromatic rings. The van der Waals surface area contributed by atoms with Crippen molar-refractivity contribution < 1.29 is 23.1 Å². The molecule has 5 nitrogen and oxygen atoms in total. The summed E-state index contributed by atoms with van der Waals surface area (Å²) in [7, 11) is 0. The number of nitrogen functional groups attached to an aromatic ring is 1. The first-order valence-corrected chi connectivity index (χ1v) is 10.5. The Morgan fingerprint density at radius 2 is 1.68 bits per heavy atom. The number of carbonyl (C=O) groups excluding carboxylic acids is 1. The Kier molecular flexibility index (Phi) is 9.49. The predicted octanol–water partition coefficient (Wildman–Crippen LogP) is 5.70. The molecule has 0 unspecified atom stereocenters. The topological polar surface area (TPSA) is 87.4 Å². The van der Waals surface area contributed by atoms with E-state index in [1.165, 1.54) is 24.3 Å². The maximum atomic E-state index is 14.6. The number of phenols is 1. The highest BCUT2D eigenvalue weighted by molar-refractivity contribution is 5.97. The lowest BCUT2D eigenvalue weighted by molar-refractivity contribution is -0.123. The first-order chi connectivity index (χ1) is 14.8. The molecule has 1 amide bonds. The van der Waals surface area contributed by atoms with Crippen LogP contribution >= 0.6 is 0 Å². The zero-order chi connectivity index (χ0) is 22.8. The summed E-state index contributed by atoms with van der Waals surface area (Å²) in [5, 5.41) is 14.3. The van der Waals surface area contributed by atoms with Gasteiger partial charge in [-0.25, -0.2) is 13.2 Å². The highest BCUT2D eigenvalue weighted by Crippen LogP contribution is 2.29. The van der Waals surface area contributed by atoms with E-state index in [0.717, 1.165) is 31.2 Å². The minimum atomic E-state index is -2.35. The molecule has 0 aliphatic rings. The molecule has 2 rings (SSSR count). The number of benzene rings is 2. The van der Waals surface area contributed by atoms with Crippen molar-refractivity contribution in [3.8, 4) is 5.75 Å². The van der Waals surface area contributed by atoms with Crippen molar-refractivity contribution in [2.24, 2.45) is 0 Å². The summed E-state index contributed by atoms with van der Waals surface area (Å²) < 4.78 is 42.7. The fourth-order valence-electron chi connectivity index (χ4n) is 3.10. The van der Waals surface area contributed by atoms with Crippen molar-refractivity contribution in [3.05, 3.63) is 47.8 Å². The van der Waals surface area contributed by atoms with Crippen LogP contribution in [0.4, 0.5) is 30.2 Å². The Morgan fingerprint density at radius 1 is 1.03 bits per heavy atom. The predicted molar refractivity (Wildman–Crippen MR) is 118 cm³/mol. The molecular formula is C23H30F3N3O2. The molecule has 170 valence electrons. The third-order valence-corrected chi connectivity index (χ3v) is 5.01. The van der Waals surface area contributed by atoms with Crippen LogP contribution in [-0.2, 0) is 11.3 Å². The normalized spacial score (nSPS) is 12.9. The number of alkyl halides is 2. The molecule has 0 fully saturated rings. The van der Waals surface area contributed by atoms with Gasteiger partial charge in [0.15, 0.2) is 5.82 Å². The van der Waals surface area contributed by atoms with Crippen LogP contribution in [0.2, 0.25) is 0 Å². The van der Waals surface area contributed by atoms with Gasteiger partial charge < -0.3 is 21.5 Å². The van der Waals surface area contributed by atoms with Crippen molar-refractivity contribution in [2.45, 2.75) is 64.3 Å². The van der Waals surface area contributed by atoms with Crippen LogP contribution in [0.3, 0.4) is 0 Å². The van der Waals surface area contributed by atoms with Gasteiger partial charge in [0.2, 0.25) is 6.17 Å². The smallest absolute Gasteiger partial charge is 0.262 e. The number of amides is 1. The van der Waals surface area contributed by atoms with Crippen LogP contribution in [-0.4, -0.2) is 23.4 Å². The Morgan fingerprint density at radius 3 is 2.35 bits per heavy atom. The van der Waals surface area contributed by atoms with Gasteiger partial charge in [0, 0.05) is 6.54 Å². The first kappa shape index (κ1) is 24.4. The van der Waals surface area contributed by atoms with E-state index in [4.69, 9.17) is 5.73 Å². The van der Waals surface area contributed by atoms with Crippen molar-refractivity contribution in [3.63, 3.8) is 0 Å². The molecule has 8 heteroatoms. The number of halogens is 3. The minimum Gasteiger partial charge on any atom is -0.508 e. The van der Waals surface area contributed by atoms with Crippen LogP contribution in [0.25, 0.3) is 0 Å². The maximum Gasteiger partial charge on any atom is 0.262 e. The van der Waals surface area contributed by atoms with Gasteiger partial charge in [0.05, 0.1) is 17.1 Å². The van der Waals surface area contributed by atoms with Gasteiger partial charge >= 0.3 is 0 Å². The molecule has 0 saturated heterocycles. The summed E-state index contributed by atoms with van der Waals surface area (Å²) in [4.78, 5) is 12.0. The molecule has 0 spiro atoms. The number of nitrogens with one attached hydrogen (secondary N) is 2. The molecule has 0 bridgehead atoms. The number of hydrogen-bond donors (Lipinski definition) is 4. The SMILES string of the molecule is CCCCCCC[C@H](F)[C@H](F)C(=O)Nc1ccc(NCc2ccc(O)cc2)c(F)c1N. The number of rotatable bonds is 12. The summed E-state index contributed by atoms with van der Waals surface area (Å²) in [5.41, 5.74) is 6.16. The van der Waals surface area contributed by atoms with E-state index in [2.05, 4.69) is 17.6 Å². The average Bonchev–Trinajstić information content (AvgIpc) is 2.76. The summed E-state index contributed by atoms with van der Waals surface area (Å²) in [6, 6.07) is 9.07. The second kappa shape index (κ2) is 12.1. The molecule has 31 heavy (non-hydrogen) atoms. The Hall–Kier alpha value is -2.90. The first-order valence-electron chi connectivity index (χ1n) is 10.5. The highest BCUT2D eigenvalue weighted by atomic mass is 19.2. The minimum absolute atomic E-state index is 0.0394. The quantitative estimate of drug-likeness (QED) is 0.253. The third-order valence-electron chi connectivity index (χ3n) is 5.01. The van der Waals surface area contributed by atoms with Gasteiger partial charge in [-0.1, -0.05) is 51.2 Å². The van der Waals surface area contributed by atoms with Crippen molar-refractivity contribution in [1.82, 2.24) is 0 Å². The lowest BCUT2D eigenvalue weighted by Crippen LogP contribution is -2.32. The standard InChI is InChI=1S/C23H30F3N3O2/c1-2-3-4-5-6-7-17(24)20(25)23(31)29-19-13-12-18(21(26)22(19)27)28-14-15-8-10-16(30)11-9-15/h8-13,17,20,28,30H,2-7,14,27H2,1H3,(H,29,31)/t17-,20-/m0/s1. The lowest BCUT2D eigenvalue weighted by atomic mass is 10.1. The van der Waals surface area contributed by atoms with Gasteiger partial charge in [0.1, 0.15) is 11.9 Å². The average molecular weight is 438 g/mol. The van der Waals surface area contributed by atoms with E-state index in [-0.39, 0.29) is 35.8 Å². The van der Waals surface area contributed by atoms with Crippen molar-refractivity contribution >= 4 is 23.0 Å². The molecule has 0 saturated carbocycles. The Balaban J connectivity index is 1.91. The molecule has 0 aliphatic heterocycles. The number of anilines is 3. The number of carbonyl (C=O) groups is 1. The second-order valence-corrected chi connectivity index (χ2v) is 7.52. The fraction of sp³-hybridized carbons (Fsp3) is 0.435. The highest BCUT2D eigenvalue weighted by Gasteiger charge is 2.28. The molecule has 0 aliphatic carbocycles. The van der Waals surface area contributed by atoms with Gasteiger partial charge in [-0.3, -0.25) is 4.79 Å². The number of unbranched alkanes of at least 4 members (excludes halogenated alkanes) is 4. The largest absolute Gasteiger partial charge is 0.508 e. The fourth-order valence-corrected chi connectivity index (χ4v) is 3.10. The summed E-state index contributed by atoms with van der Waals surface area (Å²) in [5.74, 6) is -1.87. The molecule has 0 aromatic heterocycles. The zero-order valence-electron chi connectivity index (χ0n) is 17.6.